The molecule has 2 heterocycles. The molecule has 0 atom stereocenters. The second-order valence-corrected chi connectivity index (χ2v) is 7.36. The van der Waals surface area contributed by atoms with Crippen molar-refractivity contribution in [2.75, 3.05) is 19.0 Å². The Morgan fingerprint density at radius 2 is 1.87 bits per heavy atom. The van der Waals surface area contributed by atoms with E-state index in [-0.39, 0.29) is 16.8 Å². The molecule has 0 fully saturated rings. The van der Waals surface area contributed by atoms with E-state index < -0.39 is 29.2 Å². The Bertz CT molecular complexity index is 1220. The SMILES string of the molecule is COc1ccc(-c2csc(NC(=O)CN3C(=O)c4ccc([N+](=O)[O-])cc4C3=O)n2)cc1. The molecule has 1 aliphatic rings. The average molecular weight is 438 g/mol. The van der Waals surface area contributed by atoms with E-state index >= 15 is 0 Å². The lowest BCUT2D eigenvalue weighted by molar-refractivity contribution is -0.384. The Hall–Kier alpha value is -4.12. The summed E-state index contributed by atoms with van der Waals surface area (Å²) in [5.41, 5.74) is 1.11. The van der Waals surface area contributed by atoms with E-state index in [9.17, 15) is 24.5 Å². The molecule has 0 spiro atoms. The second-order valence-electron chi connectivity index (χ2n) is 6.50. The van der Waals surface area contributed by atoms with Crippen LogP contribution in [0.1, 0.15) is 20.7 Å². The summed E-state index contributed by atoms with van der Waals surface area (Å²) in [5.74, 6) is -1.33. The van der Waals surface area contributed by atoms with E-state index in [1.54, 1.807) is 24.6 Å². The second kappa shape index (κ2) is 7.95. The van der Waals surface area contributed by atoms with Crippen LogP contribution < -0.4 is 10.1 Å². The van der Waals surface area contributed by atoms with E-state index in [0.717, 1.165) is 22.6 Å². The van der Waals surface area contributed by atoms with Crippen LogP contribution in [0.25, 0.3) is 11.3 Å². The van der Waals surface area contributed by atoms with Gasteiger partial charge >= 0.3 is 0 Å². The number of methoxy groups -OCH3 is 1. The van der Waals surface area contributed by atoms with Crippen LogP contribution in [0.3, 0.4) is 0 Å². The molecule has 156 valence electrons. The molecule has 0 aliphatic carbocycles. The van der Waals surface area contributed by atoms with Crippen LogP contribution in [0.15, 0.2) is 47.8 Å². The number of thiazole rings is 1. The number of carbonyl (C=O) groups is 3. The summed E-state index contributed by atoms with van der Waals surface area (Å²) in [6.45, 7) is -0.530. The van der Waals surface area contributed by atoms with Crippen molar-refractivity contribution >= 4 is 39.9 Å². The maximum absolute atomic E-state index is 12.5. The number of non-ortho nitro benzene ring substituents is 1. The Labute approximate surface area is 179 Å². The van der Waals surface area contributed by atoms with Crippen molar-refractivity contribution in [1.82, 2.24) is 9.88 Å². The van der Waals surface area contributed by atoms with Gasteiger partial charge in [-0.15, -0.1) is 11.3 Å². The number of nitrogens with one attached hydrogen (secondary N) is 1. The van der Waals surface area contributed by atoms with Crippen molar-refractivity contribution in [3.8, 4) is 17.0 Å². The fourth-order valence-electron chi connectivity index (χ4n) is 3.06. The van der Waals surface area contributed by atoms with E-state index in [0.29, 0.717) is 16.6 Å². The summed E-state index contributed by atoms with van der Waals surface area (Å²) < 4.78 is 5.12. The molecule has 0 saturated heterocycles. The minimum atomic E-state index is -0.753. The minimum absolute atomic E-state index is 0.0273. The van der Waals surface area contributed by atoms with Gasteiger partial charge in [0.2, 0.25) is 5.91 Å². The number of rotatable bonds is 6. The zero-order valence-corrected chi connectivity index (χ0v) is 16.8. The summed E-state index contributed by atoms with van der Waals surface area (Å²) in [5, 5.41) is 15.5. The normalized spacial score (nSPS) is 12.6. The number of imide groups is 1. The van der Waals surface area contributed by atoms with Crippen LogP contribution in [-0.4, -0.2) is 46.2 Å². The molecule has 31 heavy (non-hydrogen) atoms. The largest absolute Gasteiger partial charge is 0.497 e. The van der Waals surface area contributed by atoms with Crippen molar-refractivity contribution in [3.05, 3.63) is 69.1 Å². The van der Waals surface area contributed by atoms with Crippen LogP contribution in [-0.2, 0) is 4.79 Å². The van der Waals surface area contributed by atoms with Crippen molar-refractivity contribution in [3.63, 3.8) is 0 Å². The first-order chi connectivity index (χ1) is 14.9. The molecule has 3 amide bonds. The quantitative estimate of drug-likeness (QED) is 0.355. The number of ether oxygens (including phenoxy) is 1. The maximum Gasteiger partial charge on any atom is 0.270 e. The monoisotopic (exact) mass is 438 g/mol. The molecule has 1 aliphatic heterocycles. The van der Waals surface area contributed by atoms with Gasteiger partial charge in [0.15, 0.2) is 5.13 Å². The van der Waals surface area contributed by atoms with E-state index in [1.807, 2.05) is 12.1 Å². The molecule has 0 unspecified atom stereocenters. The van der Waals surface area contributed by atoms with Crippen molar-refractivity contribution in [2.24, 2.45) is 0 Å². The third-order valence-electron chi connectivity index (χ3n) is 4.60. The summed E-state index contributed by atoms with van der Waals surface area (Å²) in [6.07, 6.45) is 0. The lowest BCUT2D eigenvalue weighted by atomic mass is 10.1. The maximum atomic E-state index is 12.5. The van der Waals surface area contributed by atoms with Gasteiger partial charge in [-0.05, 0) is 30.3 Å². The number of hydrogen-bond acceptors (Lipinski definition) is 8. The fraction of sp³-hybridized carbons (Fsp3) is 0.100. The zero-order valence-electron chi connectivity index (χ0n) is 16.0. The Morgan fingerprint density at radius 1 is 1.16 bits per heavy atom. The van der Waals surface area contributed by atoms with E-state index in [4.69, 9.17) is 4.74 Å². The van der Waals surface area contributed by atoms with Gasteiger partial charge in [0.25, 0.3) is 17.5 Å². The first kappa shape index (κ1) is 20.2. The lowest BCUT2D eigenvalue weighted by Gasteiger charge is -2.12. The molecular formula is C20H14N4O6S. The van der Waals surface area contributed by atoms with Gasteiger partial charge in [-0.1, -0.05) is 0 Å². The number of anilines is 1. The topological polar surface area (TPSA) is 132 Å². The number of benzene rings is 2. The lowest BCUT2D eigenvalue weighted by Crippen LogP contribution is -2.37. The molecule has 2 aromatic carbocycles. The van der Waals surface area contributed by atoms with E-state index in [1.165, 1.54) is 17.4 Å². The molecule has 1 N–H and O–H groups in total. The van der Waals surface area contributed by atoms with Gasteiger partial charge < -0.3 is 10.1 Å². The van der Waals surface area contributed by atoms with Crippen LogP contribution in [0.2, 0.25) is 0 Å². The van der Waals surface area contributed by atoms with Gasteiger partial charge in [-0.25, -0.2) is 4.98 Å². The number of fused-ring (bicyclic) bond motifs is 1. The number of nitro benzene ring substituents is 1. The van der Waals surface area contributed by atoms with Gasteiger partial charge in [0.05, 0.1) is 28.9 Å². The predicted molar refractivity (Wildman–Crippen MR) is 111 cm³/mol. The van der Waals surface area contributed by atoms with Gasteiger partial charge in [0.1, 0.15) is 12.3 Å². The molecule has 0 saturated carbocycles. The van der Waals surface area contributed by atoms with E-state index in [2.05, 4.69) is 10.3 Å². The average Bonchev–Trinajstić information content (AvgIpc) is 3.32. The van der Waals surface area contributed by atoms with Gasteiger partial charge in [0, 0.05) is 23.1 Å². The number of carbonyl (C=O) groups excluding carboxylic acids is 3. The van der Waals surface area contributed by atoms with Crippen molar-refractivity contribution in [1.29, 1.82) is 0 Å². The molecule has 4 rings (SSSR count). The molecule has 1 aromatic heterocycles. The highest BCUT2D eigenvalue weighted by Gasteiger charge is 2.37. The zero-order chi connectivity index (χ0) is 22.1. The number of nitrogens with zero attached hydrogens (tertiary/aromatic N) is 3. The summed E-state index contributed by atoms with van der Waals surface area (Å²) >= 11 is 1.20. The minimum Gasteiger partial charge on any atom is -0.497 e. The molecule has 0 radical (unpaired) electrons. The van der Waals surface area contributed by atoms with Crippen LogP contribution in [0, 0.1) is 10.1 Å². The highest BCUT2D eigenvalue weighted by atomic mass is 32.1. The molecule has 0 bridgehead atoms. The summed E-state index contributed by atoms with van der Waals surface area (Å²) in [6, 6.07) is 10.6. The van der Waals surface area contributed by atoms with Crippen LogP contribution in [0.4, 0.5) is 10.8 Å². The van der Waals surface area contributed by atoms with Crippen molar-refractivity contribution in [2.45, 2.75) is 0 Å². The van der Waals surface area contributed by atoms with Crippen molar-refractivity contribution < 1.29 is 24.0 Å². The Morgan fingerprint density at radius 3 is 2.55 bits per heavy atom. The highest BCUT2D eigenvalue weighted by molar-refractivity contribution is 7.14. The number of nitro groups is 1. The fourth-order valence-corrected chi connectivity index (χ4v) is 3.80. The number of amides is 3. The predicted octanol–water partition coefficient (Wildman–Crippen LogP) is 2.96. The highest BCUT2D eigenvalue weighted by Crippen LogP contribution is 2.28. The number of hydrogen-bond donors (Lipinski definition) is 1. The number of aromatic nitrogens is 1. The van der Waals surface area contributed by atoms with Crippen LogP contribution >= 0.6 is 11.3 Å². The molecule has 3 aromatic rings. The standard InChI is InChI=1S/C20H14N4O6S/c1-30-13-5-2-11(3-6-13)16-10-31-20(21-16)22-17(25)9-23-18(26)14-7-4-12(24(28)29)8-15(14)19(23)27/h2-8,10H,9H2,1H3,(H,21,22,25). The Balaban J connectivity index is 1.44. The first-order valence-corrected chi connectivity index (χ1v) is 9.80. The van der Waals surface area contributed by atoms with Gasteiger partial charge in [-0.3, -0.25) is 29.4 Å². The third-order valence-corrected chi connectivity index (χ3v) is 5.36. The van der Waals surface area contributed by atoms with Gasteiger partial charge in [-0.2, -0.15) is 0 Å². The first-order valence-electron chi connectivity index (χ1n) is 8.92. The summed E-state index contributed by atoms with van der Waals surface area (Å²) in [4.78, 5) is 52.7. The summed E-state index contributed by atoms with van der Waals surface area (Å²) in [7, 11) is 1.57. The molecule has 10 nitrogen and oxygen atoms in total. The Kier molecular flexibility index (Phi) is 5.17. The van der Waals surface area contributed by atoms with Crippen LogP contribution in [0.5, 0.6) is 5.75 Å². The molecular weight excluding hydrogens is 424 g/mol. The third kappa shape index (κ3) is 3.85. The smallest absolute Gasteiger partial charge is 0.270 e. The molecule has 11 heteroatoms.